The van der Waals surface area contributed by atoms with Gasteiger partial charge in [0.1, 0.15) is 5.69 Å². The van der Waals surface area contributed by atoms with E-state index in [1.807, 2.05) is 39.8 Å². The van der Waals surface area contributed by atoms with Gasteiger partial charge in [-0.25, -0.2) is 4.79 Å². The third-order valence-corrected chi connectivity index (χ3v) is 5.76. The highest BCUT2D eigenvalue weighted by Gasteiger charge is 2.29. The van der Waals surface area contributed by atoms with Crippen LogP contribution in [0, 0.1) is 0 Å². The Morgan fingerprint density at radius 1 is 0.963 bits per heavy atom. The molecule has 1 aromatic carbocycles. The number of H-pyrrole nitrogens is 1. The van der Waals surface area contributed by atoms with E-state index in [0.717, 1.165) is 63.0 Å². The number of carbonyl (C=O) groups is 1. The highest BCUT2D eigenvalue weighted by molar-refractivity contribution is 5.98. The summed E-state index contributed by atoms with van der Waals surface area (Å²) in [4.78, 5) is 31.0. The maximum Gasteiger partial charge on any atom is 0.326 e. The van der Waals surface area contributed by atoms with Crippen LogP contribution in [-0.2, 0) is 0 Å². The van der Waals surface area contributed by atoms with Crippen LogP contribution in [0.3, 0.4) is 0 Å². The monoisotopic (exact) mass is 368 g/mol. The normalized spacial score (nSPS) is 19.0. The number of carbonyl (C=O) groups excluding carboxylic acids is 1. The van der Waals surface area contributed by atoms with Crippen LogP contribution in [-0.4, -0.2) is 46.5 Å². The molecule has 1 amide bonds. The van der Waals surface area contributed by atoms with E-state index in [9.17, 15) is 9.59 Å². The molecule has 0 atom stereocenters. The van der Waals surface area contributed by atoms with Gasteiger partial charge >= 0.3 is 5.69 Å². The SMILES string of the molecule is O=C(c1[nH]c(=O)n(C2CCCCC2)c1-c1ccccc1)N1CCCNCC1. The Kier molecular flexibility index (Phi) is 5.43. The Bertz CT molecular complexity index is 826. The van der Waals surface area contributed by atoms with Crippen molar-refractivity contribution in [3.8, 4) is 11.3 Å². The molecule has 1 saturated carbocycles. The molecule has 0 spiro atoms. The van der Waals surface area contributed by atoms with Gasteiger partial charge in [-0.3, -0.25) is 9.36 Å². The van der Waals surface area contributed by atoms with Crippen molar-refractivity contribution in [2.24, 2.45) is 0 Å². The van der Waals surface area contributed by atoms with Gasteiger partial charge in [-0.2, -0.15) is 0 Å². The molecule has 1 saturated heterocycles. The first kappa shape index (κ1) is 18.0. The van der Waals surface area contributed by atoms with Crippen LogP contribution in [0.1, 0.15) is 55.1 Å². The molecule has 0 unspecified atom stereocenters. The number of imidazole rings is 1. The highest BCUT2D eigenvalue weighted by Crippen LogP contribution is 2.33. The summed E-state index contributed by atoms with van der Waals surface area (Å²) in [6.07, 6.45) is 6.43. The molecule has 2 aliphatic rings. The van der Waals surface area contributed by atoms with Gasteiger partial charge in [0, 0.05) is 31.2 Å². The smallest absolute Gasteiger partial charge is 0.326 e. The molecular formula is C21H28N4O2. The van der Waals surface area contributed by atoms with Gasteiger partial charge < -0.3 is 15.2 Å². The standard InChI is InChI=1S/C21H28N4O2/c26-20(24-14-7-12-22-13-15-24)18-19(16-8-3-1-4-9-16)25(21(27)23-18)17-10-5-2-6-11-17/h1,3-4,8-9,17,22H,2,5-7,10-15H2,(H,23,27). The fourth-order valence-corrected chi connectivity index (χ4v) is 4.38. The van der Waals surface area contributed by atoms with Gasteiger partial charge in [0.2, 0.25) is 0 Å². The second-order valence-corrected chi connectivity index (χ2v) is 7.58. The zero-order valence-corrected chi connectivity index (χ0v) is 15.7. The molecule has 6 nitrogen and oxygen atoms in total. The molecule has 1 aliphatic carbocycles. The second-order valence-electron chi connectivity index (χ2n) is 7.58. The summed E-state index contributed by atoms with van der Waals surface area (Å²) in [6, 6.07) is 10.0. The van der Waals surface area contributed by atoms with Crippen LogP contribution in [0.4, 0.5) is 0 Å². The number of amides is 1. The summed E-state index contributed by atoms with van der Waals surface area (Å²) in [5.74, 6) is -0.0655. The molecule has 27 heavy (non-hydrogen) atoms. The molecule has 1 aliphatic heterocycles. The molecule has 2 aromatic rings. The first-order valence-corrected chi connectivity index (χ1v) is 10.2. The lowest BCUT2D eigenvalue weighted by Gasteiger charge is -2.25. The largest absolute Gasteiger partial charge is 0.336 e. The fraction of sp³-hybridized carbons (Fsp3) is 0.524. The van der Waals surface area contributed by atoms with Gasteiger partial charge in [0.15, 0.2) is 0 Å². The van der Waals surface area contributed by atoms with Crippen molar-refractivity contribution >= 4 is 5.91 Å². The van der Waals surface area contributed by atoms with Crippen molar-refractivity contribution in [1.82, 2.24) is 19.8 Å². The number of hydrogen-bond acceptors (Lipinski definition) is 3. The zero-order valence-electron chi connectivity index (χ0n) is 15.7. The quantitative estimate of drug-likeness (QED) is 0.875. The molecule has 2 fully saturated rings. The molecule has 0 radical (unpaired) electrons. The lowest BCUT2D eigenvalue weighted by molar-refractivity contribution is 0.0761. The predicted molar refractivity (Wildman–Crippen MR) is 106 cm³/mol. The molecular weight excluding hydrogens is 340 g/mol. The first-order chi connectivity index (χ1) is 13.3. The maximum absolute atomic E-state index is 13.3. The second kappa shape index (κ2) is 8.13. The summed E-state index contributed by atoms with van der Waals surface area (Å²) in [6.45, 7) is 3.11. The van der Waals surface area contributed by atoms with Crippen molar-refractivity contribution in [1.29, 1.82) is 0 Å². The van der Waals surface area contributed by atoms with E-state index in [2.05, 4.69) is 10.3 Å². The fourth-order valence-electron chi connectivity index (χ4n) is 4.38. The Morgan fingerprint density at radius 3 is 2.52 bits per heavy atom. The Balaban J connectivity index is 1.79. The molecule has 2 heterocycles. The van der Waals surface area contributed by atoms with Crippen LogP contribution in [0.15, 0.2) is 35.1 Å². The summed E-state index contributed by atoms with van der Waals surface area (Å²) in [7, 11) is 0. The van der Waals surface area contributed by atoms with Crippen molar-refractivity contribution in [2.45, 2.75) is 44.6 Å². The van der Waals surface area contributed by atoms with E-state index in [0.29, 0.717) is 12.2 Å². The first-order valence-electron chi connectivity index (χ1n) is 10.2. The average Bonchev–Trinajstić information content (AvgIpc) is 2.88. The number of aromatic amines is 1. The van der Waals surface area contributed by atoms with E-state index in [1.165, 1.54) is 6.42 Å². The van der Waals surface area contributed by atoms with Crippen LogP contribution in [0.25, 0.3) is 11.3 Å². The summed E-state index contributed by atoms with van der Waals surface area (Å²) in [5, 5.41) is 3.33. The summed E-state index contributed by atoms with van der Waals surface area (Å²) < 4.78 is 1.86. The lowest BCUT2D eigenvalue weighted by atomic mass is 9.94. The van der Waals surface area contributed by atoms with E-state index >= 15 is 0 Å². The Morgan fingerprint density at radius 2 is 1.74 bits per heavy atom. The van der Waals surface area contributed by atoms with Crippen molar-refractivity contribution in [3.63, 3.8) is 0 Å². The molecule has 0 bridgehead atoms. The summed E-state index contributed by atoms with van der Waals surface area (Å²) >= 11 is 0. The number of nitrogens with zero attached hydrogens (tertiary/aromatic N) is 2. The molecule has 4 rings (SSSR count). The minimum atomic E-state index is -0.156. The maximum atomic E-state index is 13.3. The highest BCUT2D eigenvalue weighted by atomic mass is 16.2. The molecule has 2 N–H and O–H groups in total. The number of rotatable bonds is 3. The van der Waals surface area contributed by atoms with E-state index in [4.69, 9.17) is 0 Å². The molecule has 6 heteroatoms. The van der Waals surface area contributed by atoms with E-state index in [-0.39, 0.29) is 17.6 Å². The van der Waals surface area contributed by atoms with Crippen LogP contribution in [0.5, 0.6) is 0 Å². The van der Waals surface area contributed by atoms with Crippen LogP contribution in [0.2, 0.25) is 0 Å². The van der Waals surface area contributed by atoms with Gasteiger partial charge in [0.25, 0.3) is 5.91 Å². The lowest BCUT2D eigenvalue weighted by Crippen LogP contribution is -2.34. The van der Waals surface area contributed by atoms with E-state index in [1.54, 1.807) is 0 Å². The van der Waals surface area contributed by atoms with Gasteiger partial charge in [-0.15, -0.1) is 0 Å². The topological polar surface area (TPSA) is 70.1 Å². The minimum Gasteiger partial charge on any atom is -0.336 e. The Labute approximate surface area is 159 Å². The van der Waals surface area contributed by atoms with E-state index < -0.39 is 0 Å². The third-order valence-electron chi connectivity index (χ3n) is 5.76. The van der Waals surface area contributed by atoms with Crippen molar-refractivity contribution in [2.75, 3.05) is 26.2 Å². The van der Waals surface area contributed by atoms with Gasteiger partial charge in [-0.05, 0) is 25.8 Å². The minimum absolute atomic E-state index is 0.0655. The van der Waals surface area contributed by atoms with Crippen molar-refractivity contribution in [3.05, 3.63) is 46.5 Å². The Hall–Kier alpha value is -2.34. The van der Waals surface area contributed by atoms with Crippen LogP contribution >= 0.6 is 0 Å². The third kappa shape index (κ3) is 3.72. The molecule has 1 aromatic heterocycles. The number of hydrogen-bond donors (Lipinski definition) is 2. The van der Waals surface area contributed by atoms with Gasteiger partial charge in [0.05, 0.1) is 5.69 Å². The predicted octanol–water partition coefficient (Wildman–Crippen LogP) is 2.78. The molecule has 144 valence electrons. The number of nitrogens with one attached hydrogen (secondary N) is 2. The van der Waals surface area contributed by atoms with Crippen LogP contribution < -0.4 is 11.0 Å². The number of aromatic nitrogens is 2. The van der Waals surface area contributed by atoms with Gasteiger partial charge in [-0.1, -0.05) is 49.6 Å². The zero-order chi connectivity index (χ0) is 18.6. The average molecular weight is 368 g/mol. The number of benzene rings is 1. The van der Waals surface area contributed by atoms with Crippen molar-refractivity contribution < 1.29 is 4.79 Å². The summed E-state index contributed by atoms with van der Waals surface area (Å²) in [5.41, 5.74) is 1.98.